The Morgan fingerprint density at radius 2 is 1.93 bits per heavy atom. The molecule has 8 heteroatoms. The molecule has 1 N–H and O–H groups in total. The van der Waals surface area contributed by atoms with Gasteiger partial charge in [-0.15, -0.1) is 0 Å². The summed E-state index contributed by atoms with van der Waals surface area (Å²) in [6.45, 7) is 2.29. The maximum atomic E-state index is 12.8. The zero-order chi connectivity index (χ0) is 20.3. The number of anilines is 1. The van der Waals surface area contributed by atoms with Gasteiger partial charge in [0.05, 0.1) is 31.7 Å². The number of carbonyl (C=O) groups excluding carboxylic acids is 1. The summed E-state index contributed by atoms with van der Waals surface area (Å²) in [7, 11) is -0.149. The average molecular weight is 404 g/mol. The molecule has 1 atom stereocenters. The van der Waals surface area contributed by atoms with E-state index in [4.69, 9.17) is 9.47 Å². The van der Waals surface area contributed by atoms with Crippen molar-refractivity contribution in [1.29, 1.82) is 0 Å². The lowest BCUT2D eigenvalue weighted by molar-refractivity contribution is 0.0939. The maximum Gasteiger partial charge on any atom is 0.251 e. The number of methoxy groups -OCH3 is 2. The topological polar surface area (TPSA) is 84.9 Å². The van der Waals surface area contributed by atoms with Gasteiger partial charge in [-0.05, 0) is 49.7 Å². The van der Waals surface area contributed by atoms with Crippen LogP contribution < -0.4 is 19.1 Å². The Kier molecular flexibility index (Phi) is 5.79. The van der Waals surface area contributed by atoms with Gasteiger partial charge in [-0.1, -0.05) is 6.07 Å². The molecule has 1 amide bonds. The molecule has 0 radical (unpaired) electrons. The molecule has 1 fully saturated rings. The van der Waals surface area contributed by atoms with Crippen LogP contribution in [0.4, 0.5) is 5.69 Å². The van der Waals surface area contributed by atoms with Crippen molar-refractivity contribution in [2.75, 3.05) is 30.8 Å². The molecule has 1 heterocycles. The first-order valence-corrected chi connectivity index (χ1v) is 10.6. The molecule has 0 bridgehead atoms. The normalized spacial score (nSPS) is 16.5. The molecular weight excluding hydrogens is 380 g/mol. The van der Waals surface area contributed by atoms with Crippen LogP contribution in [0.2, 0.25) is 0 Å². The Labute approximate surface area is 165 Å². The van der Waals surface area contributed by atoms with Crippen LogP contribution in [-0.4, -0.2) is 40.8 Å². The van der Waals surface area contributed by atoms with Crippen LogP contribution >= 0.6 is 0 Å². The Balaban J connectivity index is 1.81. The number of carbonyl (C=O) groups is 1. The zero-order valence-electron chi connectivity index (χ0n) is 16.1. The van der Waals surface area contributed by atoms with Gasteiger partial charge in [0.2, 0.25) is 10.0 Å². The number of sulfonamides is 1. The smallest absolute Gasteiger partial charge is 0.251 e. The molecule has 0 aromatic heterocycles. The van der Waals surface area contributed by atoms with Gasteiger partial charge in [-0.25, -0.2) is 8.42 Å². The molecule has 2 aromatic carbocycles. The minimum atomic E-state index is -3.29. The van der Waals surface area contributed by atoms with Gasteiger partial charge >= 0.3 is 0 Å². The number of amides is 1. The summed E-state index contributed by atoms with van der Waals surface area (Å²) in [5.74, 6) is 1.15. The Morgan fingerprint density at radius 1 is 1.14 bits per heavy atom. The standard InChI is InChI=1S/C20H24N2O5S/c1-14(18-13-17(26-2)8-9-19(18)27-3)21-20(23)15-6-4-7-16(12-15)22-10-5-11-28(22,24)25/h4,6-9,12-14H,5,10-11H2,1-3H3,(H,21,23)/t14-/m1/s1. The third-order valence-electron chi connectivity index (χ3n) is 4.75. The lowest BCUT2D eigenvalue weighted by Gasteiger charge is -2.20. The van der Waals surface area contributed by atoms with Crippen LogP contribution in [0.15, 0.2) is 42.5 Å². The summed E-state index contributed by atoms with van der Waals surface area (Å²) in [5.41, 5.74) is 1.69. The van der Waals surface area contributed by atoms with Gasteiger partial charge in [-0.2, -0.15) is 0 Å². The number of hydrogen-bond donors (Lipinski definition) is 1. The summed E-state index contributed by atoms with van der Waals surface area (Å²) < 4.78 is 36.3. The summed E-state index contributed by atoms with van der Waals surface area (Å²) in [6, 6.07) is 11.7. The highest BCUT2D eigenvalue weighted by Gasteiger charge is 2.28. The second-order valence-electron chi connectivity index (χ2n) is 6.60. The summed E-state index contributed by atoms with van der Waals surface area (Å²) in [6.07, 6.45) is 0.589. The van der Waals surface area contributed by atoms with E-state index in [9.17, 15) is 13.2 Å². The SMILES string of the molecule is COc1ccc(OC)c([C@@H](C)NC(=O)c2cccc(N3CCCS3(=O)=O)c2)c1. The predicted octanol–water partition coefficient (Wildman–Crippen LogP) is 2.73. The van der Waals surface area contributed by atoms with Crippen molar-refractivity contribution in [3.63, 3.8) is 0 Å². The molecule has 150 valence electrons. The number of ether oxygens (including phenoxy) is 2. The summed E-state index contributed by atoms with van der Waals surface area (Å²) in [4.78, 5) is 12.8. The van der Waals surface area contributed by atoms with E-state index >= 15 is 0 Å². The van der Waals surface area contributed by atoms with E-state index in [2.05, 4.69) is 5.32 Å². The molecule has 0 aliphatic carbocycles. The van der Waals surface area contributed by atoms with Crippen LogP contribution in [0.1, 0.15) is 35.3 Å². The monoisotopic (exact) mass is 404 g/mol. The van der Waals surface area contributed by atoms with Gasteiger partial charge in [-0.3, -0.25) is 9.10 Å². The highest BCUT2D eigenvalue weighted by molar-refractivity contribution is 7.93. The molecule has 3 rings (SSSR count). The minimum absolute atomic E-state index is 0.135. The molecule has 1 aliphatic heterocycles. The second-order valence-corrected chi connectivity index (χ2v) is 8.61. The summed E-state index contributed by atoms with van der Waals surface area (Å²) in [5, 5.41) is 2.93. The van der Waals surface area contributed by atoms with Gasteiger partial charge < -0.3 is 14.8 Å². The van der Waals surface area contributed by atoms with Crippen molar-refractivity contribution in [1.82, 2.24) is 5.32 Å². The number of nitrogens with one attached hydrogen (secondary N) is 1. The van der Waals surface area contributed by atoms with Crippen LogP contribution in [0.25, 0.3) is 0 Å². The van der Waals surface area contributed by atoms with Gasteiger partial charge in [0.25, 0.3) is 5.91 Å². The molecule has 1 aliphatic rings. The molecule has 0 unspecified atom stereocenters. The van der Waals surface area contributed by atoms with Crippen LogP contribution in [0.5, 0.6) is 11.5 Å². The highest BCUT2D eigenvalue weighted by Crippen LogP contribution is 2.30. The van der Waals surface area contributed by atoms with E-state index in [1.54, 1.807) is 50.6 Å². The number of nitrogens with zero attached hydrogens (tertiary/aromatic N) is 1. The number of rotatable bonds is 6. The third-order valence-corrected chi connectivity index (χ3v) is 6.62. The molecule has 0 saturated carbocycles. The number of hydrogen-bond acceptors (Lipinski definition) is 5. The second kappa shape index (κ2) is 8.10. The van der Waals surface area contributed by atoms with E-state index in [1.807, 2.05) is 13.0 Å². The summed E-state index contributed by atoms with van der Waals surface area (Å²) >= 11 is 0. The first-order valence-electron chi connectivity index (χ1n) is 8.99. The van der Waals surface area contributed by atoms with E-state index in [-0.39, 0.29) is 17.7 Å². The van der Waals surface area contributed by atoms with Crippen molar-refractivity contribution in [2.24, 2.45) is 0 Å². The minimum Gasteiger partial charge on any atom is -0.497 e. The van der Waals surface area contributed by atoms with Crippen molar-refractivity contribution >= 4 is 21.6 Å². The van der Waals surface area contributed by atoms with Crippen molar-refractivity contribution in [2.45, 2.75) is 19.4 Å². The molecule has 2 aromatic rings. The maximum absolute atomic E-state index is 12.8. The van der Waals surface area contributed by atoms with Gasteiger partial charge in [0.15, 0.2) is 0 Å². The third kappa shape index (κ3) is 4.06. The van der Waals surface area contributed by atoms with Crippen molar-refractivity contribution in [3.8, 4) is 11.5 Å². The zero-order valence-corrected chi connectivity index (χ0v) is 17.0. The van der Waals surface area contributed by atoms with E-state index in [0.29, 0.717) is 35.7 Å². The lowest BCUT2D eigenvalue weighted by atomic mass is 10.1. The molecular formula is C20H24N2O5S. The molecule has 0 spiro atoms. The van der Waals surface area contributed by atoms with Gasteiger partial charge in [0, 0.05) is 17.7 Å². The van der Waals surface area contributed by atoms with Gasteiger partial charge in [0.1, 0.15) is 11.5 Å². The van der Waals surface area contributed by atoms with Crippen LogP contribution in [0.3, 0.4) is 0 Å². The van der Waals surface area contributed by atoms with E-state index in [0.717, 1.165) is 5.56 Å². The highest BCUT2D eigenvalue weighted by atomic mass is 32.2. The fourth-order valence-corrected chi connectivity index (χ4v) is 4.82. The molecule has 28 heavy (non-hydrogen) atoms. The first kappa shape index (κ1) is 20.0. The quantitative estimate of drug-likeness (QED) is 0.800. The van der Waals surface area contributed by atoms with E-state index < -0.39 is 10.0 Å². The van der Waals surface area contributed by atoms with Crippen molar-refractivity contribution < 1.29 is 22.7 Å². The largest absolute Gasteiger partial charge is 0.497 e. The fourth-order valence-electron chi connectivity index (χ4n) is 3.27. The lowest BCUT2D eigenvalue weighted by Crippen LogP contribution is -2.28. The Hall–Kier alpha value is -2.74. The van der Waals surface area contributed by atoms with E-state index in [1.165, 1.54) is 4.31 Å². The Morgan fingerprint density at radius 3 is 2.57 bits per heavy atom. The van der Waals surface area contributed by atoms with Crippen LogP contribution in [0, 0.1) is 0 Å². The molecule has 1 saturated heterocycles. The Bertz CT molecular complexity index is 974. The number of benzene rings is 2. The molecule has 7 nitrogen and oxygen atoms in total. The average Bonchev–Trinajstić information content (AvgIpc) is 3.06. The van der Waals surface area contributed by atoms with Crippen LogP contribution in [-0.2, 0) is 10.0 Å². The fraction of sp³-hybridized carbons (Fsp3) is 0.350. The van der Waals surface area contributed by atoms with Crippen molar-refractivity contribution in [3.05, 3.63) is 53.6 Å². The first-order chi connectivity index (χ1) is 13.4. The predicted molar refractivity (Wildman–Crippen MR) is 108 cm³/mol.